The Morgan fingerprint density at radius 3 is 2.42 bits per heavy atom. The number of aromatic amines is 1. The number of nitrogens with one attached hydrogen (secondary N) is 3. The van der Waals surface area contributed by atoms with E-state index in [2.05, 4.69) is 36.7 Å². The van der Waals surface area contributed by atoms with Gasteiger partial charge in [0.1, 0.15) is 0 Å². The minimum atomic E-state index is -3.58. The van der Waals surface area contributed by atoms with Gasteiger partial charge in [-0.2, -0.15) is 0 Å². The lowest BCUT2D eigenvalue weighted by Crippen LogP contribution is -2.52. The van der Waals surface area contributed by atoms with Gasteiger partial charge in [0.2, 0.25) is 15.8 Å². The number of hydrogen-bond acceptors (Lipinski definition) is 8. The zero-order valence-corrected chi connectivity index (χ0v) is 21.8. The summed E-state index contributed by atoms with van der Waals surface area (Å²) in [6.07, 6.45) is 2.20. The number of piperazine rings is 1. The lowest BCUT2D eigenvalue weighted by atomic mass is 10.0. The first-order valence-electron chi connectivity index (χ1n) is 12.2. The molecule has 1 fully saturated rings. The summed E-state index contributed by atoms with van der Waals surface area (Å²) in [6, 6.07) is 14.5. The maximum Gasteiger partial charge on any atom is 0.293 e. The van der Waals surface area contributed by atoms with E-state index in [1.165, 1.54) is 0 Å². The second-order valence-electron chi connectivity index (χ2n) is 9.25. The average molecular weight is 538 g/mol. The first-order valence-corrected chi connectivity index (χ1v) is 14.1. The molecule has 0 radical (unpaired) electrons. The van der Waals surface area contributed by atoms with Crippen LogP contribution < -0.4 is 15.6 Å². The largest absolute Gasteiger partial charge is 0.502 e. The molecule has 3 aromatic rings. The van der Waals surface area contributed by atoms with Crippen LogP contribution in [0.4, 0.5) is 0 Å². The van der Waals surface area contributed by atoms with Gasteiger partial charge in [-0.3, -0.25) is 9.69 Å². The Morgan fingerprint density at radius 2 is 1.79 bits per heavy atom. The van der Waals surface area contributed by atoms with Crippen LogP contribution in [0.5, 0.6) is 5.75 Å². The minimum Gasteiger partial charge on any atom is -0.502 e. The first kappa shape index (κ1) is 27.5. The van der Waals surface area contributed by atoms with Crippen molar-refractivity contribution in [3.8, 4) is 17.6 Å². The smallest absolute Gasteiger partial charge is 0.293 e. The molecule has 0 spiro atoms. The maximum absolute atomic E-state index is 11.9. The number of aliphatic hydroxyl groups is 1. The quantitative estimate of drug-likeness (QED) is 0.261. The second-order valence-corrected chi connectivity index (χ2v) is 11.0. The average Bonchev–Trinajstić information content (AvgIpc) is 2.90. The molecule has 0 aliphatic carbocycles. The van der Waals surface area contributed by atoms with E-state index in [-0.39, 0.29) is 24.8 Å². The van der Waals surface area contributed by atoms with Crippen molar-refractivity contribution in [2.75, 3.05) is 32.5 Å². The van der Waals surface area contributed by atoms with Crippen molar-refractivity contribution < 1.29 is 18.6 Å². The molecule has 0 saturated carbocycles. The SMILES string of the molecule is CS(=O)(=O)N[C@@H](Cc1nc[nH]c(=O)c1O)c1ccc(C#Cc2ccc(CN3CCNC[C@H]3CO)cc2)cc1. The Labute approximate surface area is 221 Å². The first-order chi connectivity index (χ1) is 18.2. The number of nitrogens with zero attached hydrogens (tertiary/aromatic N) is 2. The molecule has 38 heavy (non-hydrogen) atoms. The number of aliphatic hydroxyl groups excluding tert-OH is 1. The van der Waals surface area contributed by atoms with Crippen LogP contribution in [0.15, 0.2) is 59.7 Å². The summed E-state index contributed by atoms with van der Waals surface area (Å²) in [5.74, 6) is 5.73. The van der Waals surface area contributed by atoms with Crippen molar-refractivity contribution in [3.63, 3.8) is 0 Å². The normalized spacial score (nSPS) is 16.9. The summed E-state index contributed by atoms with van der Waals surface area (Å²) in [6.45, 7) is 3.50. The van der Waals surface area contributed by atoms with Gasteiger partial charge in [-0.15, -0.1) is 0 Å². The van der Waals surface area contributed by atoms with Crippen LogP contribution in [0, 0.1) is 11.8 Å². The molecule has 1 aromatic heterocycles. The number of benzene rings is 2. The second kappa shape index (κ2) is 12.3. The van der Waals surface area contributed by atoms with E-state index in [4.69, 9.17) is 0 Å². The molecule has 5 N–H and O–H groups in total. The summed E-state index contributed by atoms with van der Waals surface area (Å²) in [5.41, 5.74) is 2.81. The maximum atomic E-state index is 11.9. The molecule has 1 aliphatic rings. The van der Waals surface area contributed by atoms with Crippen LogP contribution >= 0.6 is 0 Å². The fraction of sp³-hybridized carbons (Fsp3) is 0.333. The molecule has 0 unspecified atom stereocenters. The number of aromatic hydroxyl groups is 1. The van der Waals surface area contributed by atoms with Crippen molar-refractivity contribution in [3.05, 3.63) is 93.2 Å². The molecular weight excluding hydrogens is 506 g/mol. The number of hydrogen-bond donors (Lipinski definition) is 5. The summed E-state index contributed by atoms with van der Waals surface area (Å²) >= 11 is 0. The number of rotatable bonds is 8. The van der Waals surface area contributed by atoms with E-state index in [0.717, 1.165) is 55.5 Å². The molecule has 1 saturated heterocycles. The van der Waals surface area contributed by atoms with Crippen molar-refractivity contribution in [2.45, 2.75) is 25.0 Å². The molecule has 2 aromatic carbocycles. The predicted octanol–water partition coefficient (Wildman–Crippen LogP) is 0.474. The third-order valence-electron chi connectivity index (χ3n) is 6.34. The summed E-state index contributed by atoms with van der Waals surface area (Å²) < 4.78 is 26.4. The fourth-order valence-corrected chi connectivity index (χ4v) is 5.06. The molecule has 2 atom stereocenters. The Balaban J connectivity index is 1.45. The van der Waals surface area contributed by atoms with Crippen molar-refractivity contribution in [1.29, 1.82) is 0 Å². The molecular formula is C27H31N5O5S. The molecule has 200 valence electrons. The molecule has 0 amide bonds. The van der Waals surface area contributed by atoms with Crippen LogP contribution in [0.25, 0.3) is 0 Å². The zero-order chi connectivity index (χ0) is 27.1. The summed E-state index contributed by atoms with van der Waals surface area (Å²) in [5, 5.41) is 22.9. The van der Waals surface area contributed by atoms with E-state index in [1.807, 2.05) is 24.3 Å². The van der Waals surface area contributed by atoms with Crippen LogP contribution in [0.1, 0.15) is 34.0 Å². The predicted molar refractivity (Wildman–Crippen MR) is 144 cm³/mol. The minimum absolute atomic E-state index is 0.00676. The van der Waals surface area contributed by atoms with Gasteiger partial charge in [0.25, 0.3) is 5.56 Å². The zero-order valence-electron chi connectivity index (χ0n) is 21.0. The Bertz CT molecular complexity index is 1460. The van der Waals surface area contributed by atoms with Gasteiger partial charge in [-0.1, -0.05) is 36.1 Å². The summed E-state index contributed by atoms with van der Waals surface area (Å²) in [7, 11) is -3.58. The molecule has 10 nitrogen and oxygen atoms in total. The highest BCUT2D eigenvalue weighted by Crippen LogP contribution is 2.22. The van der Waals surface area contributed by atoms with E-state index in [9.17, 15) is 23.4 Å². The van der Waals surface area contributed by atoms with E-state index in [0.29, 0.717) is 5.56 Å². The Hall–Kier alpha value is -3.53. The lowest BCUT2D eigenvalue weighted by molar-refractivity contribution is 0.0946. The number of H-pyrrole nitrogens is 1. The topological polar surface area (TPSA) is 148 Å². The monoisotopic (exact) mass is 537 g/mol. The molecule has 4 rings (SSSR count). The fourth-order valence-electron chi connectivity index (χ4n) is 4.32. The molecule has 11 heteroatoms. The Kier molecular flexibility index (Phi) is 8.93. The van der Waals surface area contributed by atoms with Crippen LogP contribution in [-0.2, 0) is 23.0 Å². The standard InChI is InChI=1S/C27H31N5O5S/c1-38(36,37)31-24(14-25-26(34)27(35)30-18-29-25)22-10-8-20(9-11-22)3-2-19-4-6-21(7-5-19)16-32-13-12-28-15-23(32)17-33/h4-11,18,23-24,28,31,33-34H,12-17H2,1H3,(H,29,30,35)/t23-,24-/m0/s1. The lowest BCUT2D eigenvalue weighted by Gasteiger charge is -2.35. The van der Waals surface area contributed by atoms with Gasteiger partial charge in [0.05, 0.1) is 30.9 Å². The van der Waals surface area contributed by atoms with E-state index < -0.39 is 27.4 Å². The third kappa shape index (κ3) is 7.50. The molecule has 1 aliphatic heterocycles. The highest BCUT2D eigenvalue weighted by Gasteiger charge is 2.22. The number of sulfonamides is 1. The van der Waals surface area contributed by atoms with Gasteiger partial charge in [-0.25, -0.2) is 18.1 Å². The summed E-state index contributed by atoms with van der Waals surface area (Å²) in [4.78, 5) is 20.2. The van der Waals surface area contributed by atoms with Crippen LogP contribution in [0.2, 0.25) is 0 Å². The van der Waals surface area contributed by atoms with Gasteiger partial charge < -0.3 is 20.5 Å². The third-order valence-corrected chi connectivity index (χ3v) is 7.06. The number of aromatic nitrogens is 2. The van der Waals surface area contributed by atoms with Gasteiger partial charge in [-0.05, 0) is 35.4 Å². The van der Waals surface area contributed by atoms with Crippen LogP contribution in [-0.4, -0.2) is 72.0 Å². The van der Waals surface area contributed by atoms with Gasteiger partial charge in [0, 0.05) is 49.8 Å². The highest BCUT2D eigenvalue weighted by molar-refractivity contribution is 7.88. The van der Waals surface area contributed by atoms with Crippen LogP contribution in [0.3, 0.4) is 0 Å². The Morgan fingerprint density at radius 1 is 1.13 bits per heavy atom. The van der Waals surface area contributed by atoms with E-state index >= 15 is 0 Å². The van der Waals surface area contributed by atoms with Gasteiger partial charge in [0.15, 0.2) is 0 Å². The van der Waals surface area contributed by atoms with Crippen molar-refractivity contribution >= 4 is 10.0 Å². The molecule has 2 heterocycles. The van der Waals surface area contributed by atoms with E-state index in [1.54, 1.807) is 24.3 Å². The van der Waals surface area contributed by atoms with Gasteiger partial charge >= 0.3 is 0 Å². The van der Waals surface area contributed by atoms with Crippen molar-refractivity contribution in [2.24, 2.45) is 0 Å². The highest BCUT2D eigenvalue weighted by atomic mass is 32.2. The molecule has 0 bridgehead atoms. The van der Waals surface area contributed by atoms with Crippen molar-refractivity contribution in [1.82, 2.24) is 24.9 Å².